The molecule has 0 radical (unpaired) electrons. The molecule has 0 saturated carbocycles. The van der Waals surface area contributed by atoms with Crippen LogP contribution in [0.3, 0.4) is 0 Å². The first kappa shape index (κ1) is 17.8. The highest BCUT2D eigenvalue weighted by atomic mass is 14.8. The number of hydrogen-bond acceptors (Lipinski definition) is 2. The van der Waals surface area contributed by atoms with Crippen LogP contribution in [0.4, 0.5) is 11.4 Å². The van der Waals surface area contributed by atoms with Gasteiger partial charge in [-0.15, -0.1) is 0 Å². The zero-order valence-corrected chi connectivity index (χ0v) is 13.1. The summed E-state index contributed by atoms with van der Waals surface area (Å²) in [5.41, 5.74) is 4.10. The van der Waals surface area contributed by atoms with Crippen LogP contribution in [-0.4, -0.2) is 25.5 Å². The molecular weight excluding hydrogens is 246 g/mol. The van der Waals surface area contributed by atoms with E-state index in [-0.39, 0.29) is 7.43 Å². The maximum Gasteiger partial charge on any atom is 0.198 e. The van der Waals surface area contributed by atoms with Crippen LogP contribution >= 0.6 is 0 Å². The van der Waals surface area contributed by atoms with Gasteiger partial charge in [-0.25, -0.2) is 9.98 Å². The third-order valence-electron chi connectivity index (χ3n) is 2.57. The van der Waals surface area contributed by atoms with E-state index in [9.17, 15) is 0 Å². The molecule has 3 heteroatoms. The van der Waals surface area contributed by atoms with Crippen LogP contribution in [0.25, 0.3) is 0 Å². The van der Waals surface area contributed by atoms with Gasteiger partial charge in [-0.2, -0.15) is 0 Å². The lowest BCUT2D eigenvalue weighted by atomic mass is 10.1. The van der Waals surface area contributed by atoms with E-state index in [4.69, 9.17) is 0 Å². The lowest BCUT2D eigenvalue weighted by molar-refractivity contribution is -0.417. The first-order valence-electron chi connectivity index (χ1n) is 6.59. The number of nitrogens with one attached hydrogen (secondary N) is 2. The Labute approximate surface area is 122 Å². The highest BCUT2D eigenvalue weighted by molar-refractivity contribution is 6.17. The van der Waals surface area contributed by atoms with Gasteiger partial charge in [-0.05, 0) is 36.4 Å². The van der Waals surface area contributed by atoms with Gasteiger partial charge in [0.2, 0.25) is 0 Å². The molecular formula is C17H25N3. The minimum Gasteiger partial charge on any atom is -0.388 e. The van der Waals surface area contributed by atoms with Gasteiger partial charge in [0.25, 0.3) is 0 Å². The van der Waals surface area contributed by atoms with Gasteiger partial charge in [0, 0.05) is 24.9 Å². The molecule has 0 aromatic heterocycles. The number of aliphatic imine (C=N–C) groups is 1. The van der Waals surface area contributed by atoms with Crippen molar-refractivity contribution in [3.05, 3.63) is 56.0 Å². The van der Waals surface area contributed by atoms with Gasteiger partial charge < -0.3 is 12.7 Å². The standard InChI is InChI=1S/C14H15N3.C2H6.CH3/c1-15-11-3-7-13(8-4-11)17-14-9-5-12(16-2)6-10-14;1-2;/h3-10,15H,1-2H3;1-2H3;1H3/q;;-1/p+1. The molecule has 3 nitrogen and oxygen atoms in total. The van der Waals surface area contributed by atoms with E-state index in [1.54, 1.807) is 0 Å². The molecule has 0 spiro atoms. The van der Waals surface area contributed by atoms with E-state index in [0.717, 1.165) is 22.8 Å². The molecule has 0 amide bonds. The smallest absolute Gasteiger partial charge is 0.198 e. The predicted molar refractivity (Wildman–Crippen MR) is 91.0 cm³/mol. The maximum absolute atomic E-state index is 4.54. The van der Waals surface area contributed by atoms with Crippen molar-refractivity contribution in [3.8, 4) is 0 Å². The van der Waals surface area contributed by atoms with Gasteiger partial charge >= 0.3 is 0 Å². The van der Waals surface area contributed by atoms with Crippen LogP contribution in [0, 0.1) is 7.43 Å². The molecule has 2 rings (SSSR count). The second-order valence-corrected chi connectivity index (χ2v) is 3.71. The first-order chi connectivity index (χ1) is 9.31. The van der Waals surface area contributed by atoms with Crippen molar-refractivity contribution >= 4 is 22.8 Å². The Morgan fingerprint density at radius 3 is 1.95 bits per heavy atom. The van der Waals surface area contributed by atoms with Crippen LogP contribution < -0.4 is 10.3 Å². The molecule has 0 bridgehead atoms. The van der Waals surface area contributed by atoms with Crippen LogP contribution in [-0.2, 0) is 0 Å². The summed E-state index contributed by atoms with van der Waals surface area (Å²) in [5.74, 6) is 0. The number of nitrogens with zero attached hydrogens (tertiary/aromatic N) is 1. The minimum atomic E-state index is 0. The first-order valence-corrected chi connectivity index (χ1v) is 6.59. The number of allylic oxidation sites excluding steroid dienone is 4. The van der Waals surface area contributed by atoms with Crippen LogP contribution in [0.15, 0.2) is 53.6 Å². The lowest BCUT2D eigenvalue weighted by Crippen LogP contribution is -2.67. The van der Waals surface area contributed by atoms with E-state index in [0.29, 0.717) is 0 Å². The summed E-state index contributed by atoms with van der Waals surface area (Å²) >= 11 is 0. The molecule has 1 aliphatic rings. The van der Waals surface area contributed by atoms with Gasteiger partial charge in [0.15, 0.2) is 5.71 Å². The van der Waals surface area contributed by atoms with Crippen molar-refractivity contribution in [1.29, 1.82) is 0 Å². The van der Waals surface area contributed by atoms with Crippen molar-refractivity contribution in [1.82, 2.24) is 0 Å². The number of hydrogen-bond donors (Lipinski definition) is 2. The molecule has 0 unspecified atom stereocenters. The van der Waals surface area contributed by atoms with Crippen molar-refractivity contribution in [3.63, 3.8) is 0 Å². The highest BCUT2D eigenvalue weighted by Crippen LogP contribution is 2.16. The summed E-state index contributed by atoms with van der Waals surface area (Å²) in [6.07, 6.45) is 8.03. The largest absolute Gasteiger partial charge is 0.388 e. The Morgan fingerprint density at radius 2 is 1.50 bits per heavy atom. The van der Waals surface area contributed by atoms with Crippen LogP contribution in [0.2, 0.25) is 0 Å². The van der Waals surface area contributed by atoms with Crippen molar-refractivity contribution < 1.29 is 4.99 Å². The van der Waals surface area contributed by atoms with E-state index < -0.39 is 0 Å². The molecule has 1 aromatic rings. The summed E-state index contributed by atoms with van der Waals surface area (Å²) in [7, 11) is 3.81. The molecule has 20 heavy (non-hydrogen) atoms. The summed E-state index contributed by atoms with van der Waals surface area (Å²) in [4.78, 5) is 7.62. The molecule has 108 valence electrons. The number of rotatable bonds is 2. The molecule has 0 fully saturated rings. The fourth-order valence-electron chi connectivity index (χ4n) is 1.55. The monoisotopic (exact) mass is 271 g/mol. The van der Waals surface area contributed by atoms with Gasteiger partial charge in [-0.3, -0.25) is 0 Å². The highest BCUT2D eigenvalue weighted by Gasteiger charge is 2.01. The quantitative estimate of drug-likeness (QED) is 0.629. The maximum atomic E-state index is 4.54. The lowest BCUT2D eigenvalue weighted by Gasteiger charge is -2.01. The summed E-state index contributed by atoms with van der Waals surface area (Å²) < 4.78 is 0. The van der Waals surface area contributed by atoms with E-state index in [1.165, 1.54) is 0 Å². The van der Waals surface area contributed by atoms with Crippen molar-refractivity contribution in [2.24, 2.45) is 4.99 Å². The molecule has 0 aliphatic heterocycles. The van der Waals surface area contributed by atoms with E-state index >= 15 is 0 Å². The molecule has 0 atom stereocenters. The normalized spacial score (nSPS) is 12.0. The summed E-state index contributed by atoms with van der Waals surface area (Å²) in [6, 6.07) is 8.03. The molecule has 1 aliphatic carbocycles. The SMILES string of the molecule is CC.CNc1ccc(N=C2C=CC(=[NH+]C)C=C2)cc1.[CH3-]. The number of benzene rings is 1. The Balaban J connectivity index is 0.00000115. The summed E-state index contributed by atoms with van der Waals surface area (Å²) in [6.45, 7) is 4.00. The second-order valence-electron chi connectivity index (χ2n) is 3.71. The number of anilines is 1. The molecule has 0 heterocycles. The average Bonchev–Trinajstić information content (AvgIpc) is 2.51. The topological polar surface area (TPSA) is 38.4 Å². The minimum absolute atomic E-state index is 0. The summed E-state index contributed by atoms with van der Waals surface area (Å²) in [5, 5.41) is 3.08. The average molecular weight is 271 g/mol. The molecule has 0 saturated heterocycles. The Hall–Kier alpha value is -2.16. The third kappa shape index (κ3) is 5.22. The predicted octanol–water partition coefficient (Wildman–Crippen LogP) is 2.55. The van der Waals surface area contributed by atoms with Crippen LogP contribution in [0.1, 0.15) is 13.8 Å². The fourth-order valence-corrected chi connectivity index (χ4v) is 1.55. The second kappa shape index (κ2) is 9.73. The zero-order valence-electron chi connectivity index (χ0n) is 13.1. The van der Waals surface area contributed by atoms with Gasteiger partial charge in [0.05, 0.1) is 11.4 Å². The third-order valence-corrected chi connectivity index (χ3v) is 2.57. The Kier molecular flexibility index (Phi) is 8.68. The van der Waals surface area contributed by atoms with Crippen molar-refractivity contribution in [2.45, 2.75) is 13.8 Å². The van der Waals surface area contributed by atoms with Crippen molar-refractivity contribution in [2.75, 3.05) is 19.4 Å². The Morgan fingerprint density at radius 1 is 0.950 bits per heavy atom. The zero-order chi connectivity index (χ0) is 14.1. The van der Waals surface area contributed by atoms with Gasteiger partial charge in [0.1, 0.15) is 7.05 Å². The van der Waals surface area contributed by atoms with E-state index in [1.807, 2.05) is 76.5 Å². The molecule has 2 N–H and O–H groups in total. The van der Waals surface area contributed by atoms with Crippen LogP contribution in [0.5, 0.6) is 0 Å². The molecule has 1 aromatic carbocycles. The van der Waals surface area contributed by atoms with E-state index in [2.05, 4.69) is 15.3 Å². The van der Waals surface area contributed by atoms with Gasteiger partial charge in [-0.1, -0.05) is 13.8 Å². The Bertz CT molecular complexity index is 488. The fraction of sp³-hybridized carbons (Fsp3) is 0.235.